The standard InChI is InChI=1S/C20H17NO3/c1-11-15(18-12(2)21-24-13(18)3)9-10-16-17(11)19(23-20(16)22)14-7-5-4-6-8-14/h4-10,19H,1-3H3. The molecule has 0 saturated heterocycles. The quantitative estimate of drug-likeness (QED) is 0.651. The highest BCUT2D eigenvalue weighted by Gasteiger charge is 2.35. The van der Waals surface area contributed by atoms with Crippen LogP contribution < -0.4 is 0 Å². The molecule has 1 atom stereocenters. The Morgan fingerprint density at radius 1 is 0.958 bits per heavy atom. The summed E-state index contributed by atoms with van der Waals surface area (Å²) >= 11 is 0. The lowest BCUT2D eigenvalue weighted by atomic mass is 9.89. The SMILES string of the molecule is Cc1noc(C)c1-c1ccc2c(c1C)C(c1ccccc1)OC2=O. The van der Waals surface area contributed by atoms with Gasteiger partial charge in [-0.25, -0.2) is 4.79 Å². The van der Waals surface area contributed by atoms with E-state index in [1.54, 1.807) is 0 Å². The Hall–Kier alpha value is -2.88. The molecule has 4 heteroatoms. The van der Waals surface area contributed by atoms with E-state index in [0.717, 1.165) is 39.3 Å². The summed E-state index contributed by atoms with van der Waals surface area (Å²) in [6.07, 6.45) is -0.367. The van der Waals surface area contributed by atoms with Crippen LogP contribution in [0.4, 0.5) is 0 Å². The molecule has 2 heterocycles. The average molecular weight is 319 g/mol. The minimum Gasteiger partial charge on any atom is -0.449 e. The van der Waals surface area contributed by atoms with Crippen LogP contribution in [-0.2, 0) is 4.74 Å². The van der Waals surface area contributed by atoms with Crippen molar-refractivity contribution in [2.75, 3.05) is 0 Å². The molecule has 0 N–H and O–H groups in total. The minimum atomic E-state index is -0.367. The van der Waals surface area contributed by atoms with Crippen LogP contribution in [0.1, 0.15) is 44.6 Å². The van der Waals surface area contributed by atoms with Crippen LogP contribution in [-0.4, -0.2) is 11.1 Å². The van der Waals surface area contributed by atoms with E-state index in [0.29, 0.717) is 5.56 Å². The highest BCUT2D eigenvalue weighted by molar-refractivity contribution is 5.96. The fourth-order valence-corrected chi connectivity index (χ4v) is 3.47. The smallest absolute Gasteiger partial charge is 0.339 e. The highest BCUT2D eigenvalue weighted by atomic mass is 16.5. The molecule has 0 bridgehead atoms. The molecule has 0 saturated carbocycles. The van der Waals surface area contributed by atoms with Gasteiger partial charge < -0.3 is 9.26 Å². The molecule has 4 nitrogen and oxygen atoms in total. The maximum atomic E-state index is 12.3. The molecule has 0 amide bonds. The van der Waals surface area contributed by atoms with Gasteiger partial charge in [-0.3, -0.25) is 0 Å². The Bertz CT molecular complexity index is 922. The predicted molar refractivity (Wildman–Crippen MR) is 89.9 cm³/mol. The second-order valence-corrected chi connectivity index (χ2v) is 6.09. The van der Waals surface area contributed by atoms with Gasteiger partial charge in [0.15, 0.2) is 6.10 Å². The number of rotatable bonds is 2. The van der Waals surface area contributed by atoms with Crippen LogP contribution in [0.5, 0.6) is 0 Å². The number of esters is 1. The van der Waals surface area contributed by atoms with Gasteiger partial charge in [-0.1, -0.05) is 41.6 Å². The van der Waals surface area contributed by atoms with Gasteiger partial charge in [0, 0.05) is 11.1 Å². The normalized spacial score (nSPS) is 16.1. The van der Waals surface area contributed by atoms with Crippen LogP contribution in [0.15, 0.2) is 47.0 Å². The van der Waals surface area contributed by atoms with Crippen molar-refractivity contribution >= 4 is 5.97 Å². The van der Waals surface area contributed by atoms with Crippen molar-refractivity contribution in [3.05, 3.63) is 76.2 Å². The number of carbonyl (C=O) groups is 1. The molecular formula is C20H17NO3. The van der Waals surface area contributed by atoms with Crippen molar-refractivity contribution < 1.29 is 14.1 Å². The molecule has 120 valence electrons. The number of cyclic esters (lactones) is 1. The van der Waals surface area contributed by atoms with Crippen molar-refractivity contribution in [2.24, 2.45) is 0 Å². The molecule has 0 radical (unpaired) electrons. The van der Waals surface area contributed by atoms with E-state index in [1.807, 2.05) is 63.2 Å². The van der Waals surface area contributed by atoms with Gasteiger partial charge in [-0.2, -0.15) is 0 Å². The van der Waals surface area contributed by atoms with Crippen molar-refractivity contribution in [3.63, 3.8) is 0 Å². The third-order valence-corrected chi connectivity index (χ3v) is 4.63. The Kier molecular flexibility index (Phi) is 3.27. The van der Waals surface area contributed by atoms with E-state index >= 15 is 0 Å². The number of nitrogens with zero attached hydrogens (tertiary/aromatic N) is 1. The van der Waals surface area contributed by atoms with Gasteiger partial charge in [0.25, 0.3) is 0 Å². The monoisotopic (exact) mass is 319 g/mol. The lowest BCUT2D eigenvalue weighted by Gasteiger charge is -2.15. The predicted octanol–water partition coefficient (Wildman–Crippen LogP) is 4.53. The number of aromatic nitrogens is 1. The Morgan fingerprint density at radius 2 is 1.67 bits per heavy atom. The molecule has 4 rings (SSSR count). The van der Waals surface area contributed by atoms with E-state index in [2.05, 4.69) is 5.16 Å². The lowest BCUT2D eigenvalue weighted by Crippen LogP contribution is -2.02. The molecule has 1 aromatic heterocycles. The van der Waals surface area contributed by atoms with Crippen molar-refractivity contribution in [1.82, 2.24) is 5.16 Å². The molecular weight excluding hydrogens is 302 g/mol. The summed E-state index contributed by atoms with van der Waals surface area (Å²) in [6.45, 7) is 5.85. The molecule has 2 aromatic carbocycles. The van der Waals surface area contributed by atoms with E-state index in [-0.39, 0.29) is 12.1 Å². The minimum absolute atomic E-state index is 0.271. The zero-order valence-electron chi connectivity index (χ0n) is 13.8. The first-order valence-corrected chi connectivity index (χ1v) is 7.90. The fraction of sp³-hybridized carbons (Fsp3) is 0.200. The number of fused-ring (bicyclic) bond motifs is 1. The zero-order valence-corrected chi connectivity index (χ0v) is 13.8. The molecule has 1 aliphatic heterocycles. The zero-order chi connectivity index (χ0) is 16.8. The summed E-state index contributed by atoms with van der Waals surface area (Å²) in [5.41, 5.74) is 6.44. The number of aryl methyl sites for hydroxylation is 2. The van der Waals surface area contributed by atoms with Gasteiger partial charge in [-0.05, 0) is 43.5 Å². The van der Waals surface area contributed by atoms with Gasteiger partial charge in [0.2, 0.25) is 0 Å². The molecule has 1 aliphatic rings. The summed E-state index contributed by atoms with van der Waals surface area (Å²) in [4.78, 5) is 12.3. The molecule has 3 aromatic rings. The van der Waals surface area contributed by atoms with Gasteiger partial charge in [-0.15, -0.1) is 0 Å². The second kappa shape index (κ2) is 5.34. The van der Waals surface area contributed by atoms with Crippen molar-refractivity contribution in [1.29, 1.82) is 0 Å². The molecule has 24 heavy (non-hydrogen) atoms. The van der Waals surface area contributed by atoms with Gasteiger partial charge in [0.1, 0.15) is 5.76 Å². The first-order chi connectivity index (χ1) is 11.6. The number of ether oxygens (including phenoxy) is 1. The van der Waals surface area contributed by atoms with Gasteiger partial charge >= 0.3 is 5.97 Å². The maximum Gasteiger partial charge on any atom is 0.339 e. The van der Waals surface area contributed by atoms with Gasteiger partial charge in [0.05, 0.1) is 11.3 Å². The topological polar surface area (TPSA) is 52.3 Å². The van der Waals surface area contributed by atoms with Crippen molar-refractivity contribution in [3.8, 4) is 11.1 Å². The summed E-state index contributed by atoms with van der Waals surface area (Å²) in [7, 11) is 0. The van der Waals surface area contributed by atoms with Crippen LogP contribution in [0.3, 0.4) is 0 Å². The molecule has 0 fully saturated rings. The number of hydrogen-bond donors (Lipinski definition) is 0. The third kappa shape index (κ3) is 2.07. The highest BCUT2D eigenvalue weighted by Crippen LogP contribution is 2.42. The van der Waals surface area contributed by atoms with Crippen LogP contribution in [0.2, 0.25) is 0 Å². The first kappa shape index (κ1) is 14.7. The van der Waals surface area contributed by atoms with Crippen LogP contribution in [0.25, 0.3) is 11.1 Å². The van der Waals surface area contributed by atoms with E-state index < -0.39 is 0 Å². The fourth-order valence-electron chi connectivity index (χ4n) is 3.47. The molecule has 0 aliphatic carbocycles. The van der Waals surface area contributed by atoms with Crippen LogP contribution in [0, 0.1) is 20.8 Å². The largest absolute Gasteiger partial charge is 0.449 e. The van der Waals surface area contributed by atoms with E-state index in [1.165, 1.54) is 0 Å². The Labute approximate surface area is 140 Å². The van der Waals surface area contributed by atoms with E-state index in [9.17, 15) is 4.79 Å². The summed E-state index contributed by atoms with van der Waals surface area (Å²) in [5, 5.41) is 4.05. The maximum absolute atomic E-state index is 12.3. The van der Waals surface area contributed by atoms with E-state index in [4.69, 9.17) is 9.26 Å². The molecule has 0 spiro atoms. The van der Waals surface area contributed by atoms with Crippen LogP contribution >= 0.6 is 0 Å². The number of benzene rings is 2. The lowest BCUT2D eigenvalue weighted by molar-refractivity contribution is 0.0455. The number of hydrogen-bond acceptors (Lipinski definition) is 4. The number of carbonyl (C=O) groups excluding carboxylic acids is 1. The van der Waals surface area contributed by atoms with Crippen molar-refractivity contribution in [2.45, 2.75) is 26.9 Å². The Morgan fingerprint density at radius 3 is 2.33 bits per heavy atom. The average Bonchev–Trinajstić information content (AvgIpc) is 3.10. The third-order valence-electron chi connectivity index (χ3n) is 4.63. The first-order valence-electron chi connectivity index (χ1n) is 7.90. The Balaban J connectivity index is 1.94. The second-order valence-electron chi connectivity index (χ2n) is 6.09. The summed E-state index contributed by atoms with van der Waals surface area (Å²) < 4.78 is 11.0. The summed E-state index contributed by atoms with van der Waals surface area (Å²) in [5.74, 6) is 0.504. The summed E-state index contributed by atoms with van der Waals surface area (Å²) in [6, 6.07) is 13.6. The molecule has 1 unspecified atom stereocenters.